The number of carbonyl (C=O) groups is 1. The van der Waals surface area contributed by atoms with E-state index >= 15 is 0 Å². The average Bonchev–Trinajstić information content (AvgIpc) is 2.76. The summed E-state index contributed by atoms with van der Waals surface area (Å²) < 4.78 is 12.7. The van der Waals surface area contributed by atoms with Crippen molar-refractivity contribution < 1.29 is 14.0 Å². The first-order valence-corrected chi connectivity index (χ1v) is 5.63. The molecule has 1 atom stereocenters. The highest BCUT2D eigenvalue weighted by atomic mass is 19.1. The summed E-state index contributed by atoms with van der Waals surface area (Å²) in [4.78, 5) is 16.6. The third kappa shape index (κ3) is 3.44. The van der Waals surface area contributed by atoms with Crippen LogP contribution < -0.4 is 10.6 Å². The Morgan fingerprint density at radius 3 is 2.83 bits per heavy atom. The highest BCUT2D eigenvalue weighted by Crippen LogP contribution is 2.10. The van der Waals surface area contributed by atoms with Crippen LogP contribution in [0.5, 0.6) is 0 Å². The van der Waals surface area contributed by atoms with Crippen molar-refractivity contribution in [2.24, 2.45) is 5.16 Å². The molecular formula is C12H14FN3O2. The number of carbonyl (C=O) groups excluding carboxylic acids is 1. The quantitative estimate of drug-likeness (QED) is 0.864. The first-order chi connectivity index (χ1) is 8.63. The predicted molar refractivity (Wildman–Crippen MR) is 66.0 cm³/mol. The third-order valence-electron chi connectivity index (χ3n) is 2.47. The van der Waals surface area contributed by atoms with Crippen LogP contribution in [-0.4, -0.2) is 24.4 Å². The van der Waals surface area contributed by atoms with Gasteiger partial charge in [0.25, 0.3) is 0 Å². The Morgan fingerprint density at radius 1 is 1.50 bits per heavy atom. The molecule has 1 heterocycles. The molecule has 1 aromatic rings. The molecular weight excluding hydrogens is 237 g/mol. The number of nitrogens with one attached hydrogen (secondary N) is 2. The van der Waals surface area contributed by atoms with Crippen molar-refractivity contribution in [1.82, 2.24) is 5.32 Å². The summed E-state index contributed by atoms with van der Waals surface area (Å²) in [7, 11) is 0. The average molecular weight is 251 g/mol. The molecule has 0 radical (unpaired) electrons. The van der Waals surface area contributed by atoms with Crippen LogP contribution in [0.4, 0.5) is 14.9 Å². The van der Waals surface area contributed by atoms with E-state index in [4.69, 9.17) is 4.84 Å². The molecule has 5 nitrogen and oxygen atoms in total. The first kappa shape index (κ1) is 12.3. The van der Waals surface area contributed by atoms with Gasteiger partial charge < -0.3 is 15.5 Å². The molecule has 0 saturated carbocycles. The number of urea groups is 1. The first-order valence-electron chi connectivity index (χ1n) is 5.63. The van der Waals surface area contributed by atoms with Crippen molar-refractivity contribution in [1.29, 1.82) is 0 Å². The van der Waals surface area contributed by atoms with E-state index in [1.165, 1.54) is 24.3 Å². The van der Waals surface area contributed by atoms with Crippen molar-refractivity contribution >= 4 is 17.4 Å². The summed E-state index contributed by atoms with van der Waals surface area (Å²) in [5.74, 6) is -0.340. The van der Waals surface area contributed by atoms with Gasteiger partial charge in [-0.2, -0.15) is 0 Å². The fourth-order valence-electron chi connectivity index (χ4n) is 1.59. The van der Waals surface area contributed by atoms with Crippen molar-refractivity contribution in [3.63, 3.8) is 0 Å². The van der Waals surface area contributed by atoms with Crippen LogP contribution in [0.25, 0.3) is 0 Å². The summed E-state index contributed by atoms with van der Waals surface area (Å²) in [5.41, 5.74) is 1.45. The largest absolute Gasteiger partial charge is 0.390 e. The summed E-state index contributed by atoms with van der Waals surface area (Å²) in [6.07, 6.45) is 0.612. The van der Waals surface area contributed by atoms with Crippen molar-refractivity contribution in [2.75, 3.05) is 11.9 Å². The summed E-state index contributed by atoms with van der Waals surface area (Å²) in [6.45, 7) is 2.26. The van der Waals surface area contributed by atoms with Crippen LogP contribution in [0.1, 0.15) is 13.3 Å². The minimum atomic E-state index is -0.352. The Labute approximate surface area is 104 Å². The molecule has 2 rings (SSSR count). The van der Waals surface area contributed by atoms with E-state index in [0.717, 1.165) is 12.1 Å². The van der Waals surface area contributed by atoms with Gasteiger partial charge in [0, 0.05) is 12.1 Å². The van der Waals surface area contributed by atoms with Crippen LogP contribution in [0.15, 0.2) is 29.4 Å². The molecule has 0 aromatic heterocycles. The topological polar surface area (TPSA) is 62.7 Å². The van der Waals surface area contributed by atoms with Gasteiger partial charge in [-0.3, -0.25) is 0 Å². The molecule has 0 unspecified atom stereocenters. The van der Waals surface area contributed by atoms with E-state index in [1.807, 2.05) is 6.92 Å². The summed E-state index contributed by atoms with van der Waals surface area (Å²) in [5, 5.41) is 9.05. The van der Waals surface area contributed by atoms with E-state index in [1.54, 1.807) is 0 Å². The lowest BCUT2D eigenvalue weighted by molar-refractivity contribution is 0.0870. The third-order valence-corrected chi connectivity index (χ3v) is 2.47. The van der Waals surface area contributed by atoms with Crippen LogP contribution in [0.2, 0.25) is 0 Å². The number of benzene rings is 1. The second kappa shape index (κ2) is 5.48. The lowest BCUT2D eigenvalue weighted by Crippen LogP contribution is -2.35. The van der Waals surface area contributed by atoms with Crippen molar-refractivity contribution in [3.8, 4) is 0 Å². The van der Waals surface area contributed by atoms with Gasteiger partial charge in [0.1, 0.15) is 11.9 Å². The van der Waals surface area contributed by atoms with E-state index in [2.05, 4.69) is 15.8 Å². The standard InChI is InChI=1S/C12H14FN3O2/c1-8-6-11(18-16-8)7-14-12(17)15-10-4-2-9(13)3-5-10/h2-5,11H,6-7H2,1H3,(H2,14,15,17)/t11-/m1/s1. The zero-order chi connectivity index (χ0) is 13.0. The van der Waals surface area contributed by atoms with Gasteiger partial charge in [0.15, 0.2) is 0 Å². The molecule has 0 fully saturated rings. The maximum atomic E-state index is 12.7. The maximum absolute atomic E-state index is 12.7. The monoisotopic (exact) mass is 251 g/mol. The molecule has 2 N–H and O–H groups in total. The summed E-state index contributed by atoms with van der Waals surface area (Å²) in [6, 6.07) is 5.21. The minimum absolute atomic E-state index is 0.107. The molecule has 1 aliphatic heterocycles. The molecule has 1 aromatic carbocycles. The number of hydrogen-bond donors (Lipinski definition) is 2. The summed E-state index contributed by atoms with van der Waals surface area (Å²) >= 11 is 0. The zero-order valence-electron chi connectivity index (χ0n) is 9.94. The van der Waals surface area contributed by atoms with E-state index < -0.39 is 0 Å². The van der Waals surface area contributed by atoms with E-state index in [9.17, 15) is 9.18 Å². The lowest BCUT2D eigenvalue weighted by Gasteiger charge is -2.10. The Balaban J connectivity index is 1.74. The zero-order valence-corrected chi connectivity index (χ0v) is 9.94. The predicted octanol–water partition coefficient (Wildman–Crippen LogP) is 2.11. The Bertz CT molecular complexity index is 459. The smallest absolute Gasteiger partial charge is 0.319 e. The van der Waals surface area contributed by atoms with Crippen molar-refractivity contribution in [3.05, 3.63) is 30.1 Å². The second-order valence-electron chi connectivity index (χ2n) is 4.10. The SMILES string of the molecule is CC1=NO[C@@H](CNC(=O)Nc2ccc(F)cc2)C1. The molecule has 96 valence electrons. The minimum Gasteiger partial charge on any atom is -0.390 e. The molecule has 0 spiro atoms. The van der Waals surface area contributed by atoms with E-state index in [-0.39, 0.29) is 18.0 Å². The van der Waals surface area contributed by atoms with Gasteiger partial charge in [-0.25, -0.2) is 9.18 Å². The fourth-order valence-corrected chi connectivity index (χ4v) is 1.59. The van der Waals surface area contributed by atoms with E-state index in [0.29, 0.717) is 12.2 Å². The molecule has 0 bridgehead atoms. The molecule has 2 amide bonds. The highest BCUT2D eigenvalue weighted by molar-refractivity contribution is 5.89. The number of hydrogen-bond acceptors (Lipinski definition) is 3. The molecule has 0 saturated heterocycles. The Kier molecular flexibility index (Phi) is 3.76. The van der Waals surface area contributed by atoms with Crippen LogP contribution >= 0.6 is 0 Å². The lowest BCUT2D eigenvalue weighted by atomic mass is 10.2. The number of rotatable bonds is 3. The Hall–Kier alpha value is -2.11. The molecule has 1 aliphatic rings. The molecule has 18 heavy (non-hydrogen) atoms. The maximum Gasteiger partial charge on any atom is 0.319 e. The van der Waals surface area contributed by atoms with Crippen LogP contribution in [0.3, 0.4) is 0 Å². The van der Waals surface area contributed by atoms with Gasteiger partial charge in [-0.05, 0) is 31.2 Å². The number of halogens is 1. The van der Waals surface area contributed by atoms with Gasteiger partial charge in [0.05, 0.1) is 12.3 Å². The van der Waals surface area contributed by atoms with Gasteiger partial charge in [0.2, 0.25) is 0 Å². The number of nitrogens with zero attached hydrogens (tertiary/aromatic N) is 1. The van der Waals surface area contributed by atoms with Gasteiger partial charge in [-0.1, -0.05) is 5.16 Å². The van der Waals surface area contributed by atoms with Crippen molar-refractivity contribution in [2.45, 2.75) is 19.4 Å². The van der Waals surface area contributed by atoms with Crippen LogP contribution in [0, 0.1) is 5.82 Å². The normalized spacial score (nSPS) is 17.9. The van der Waals surface area contributed by atoms with Gasteiger partial charge >= 0.3 is 6.03 Å². The van der Waals surface area contributed by atoms with Gasteiger partial charge in [-0.15, -0.1) is 0 Å². The van der Waals surface area contributed by atoms with Crippen LogP contribution in [-0.2, 0) is 4.84 Å². The number of amides is 2. The number of anilines is 1. The Morgan fingerprint density at radius 2 is 2.22 bits per heavy atom. The molecule has 0 aliphatic carbocycles. The number of oxime groups is 1. The fraction of sp³-hybridized carbons (Fsp3) is 0.333. The second-order valence-corrected chi connectivity index (χ2v) is 4.10. The highest BCUT2D eigenvalue weighted by Gasteiger charge is 2.18. The molecule has 6 heteroatoms.